The molecule has 8 nitrogen and oxygen atoms in total. The number of benzene rings is 2. The number of nitrogens with one attached hydrogen (secondary N) is 1. The normalized spacial score (nSPS) is 12.7. The van der Waals surface area contributed by atoms with Crippen LogP contribution >= 0.6 is 0 Å². The number of alkyl carbamates (subject to hydrolysis) is 1. The summed E-state index contributed by atoms with van der Waals surface area (Å²) in [7, 11) is -4.00. The molecule has 0 aliphatic rings. The molecule has 2 aromatic rings. The van der Waals surface area contributed by atoms with Crippen molar-refractivity contribution in [3.8, 4) is 5.75 Å². The number of ether oxygens (including phenoxy) is 2. The summed E-state index contributed by atoms with van der Waals surface area (Å²) in [5.74, 6) is -1.25. The molecule has 1 unspecified atom stereocenters. The van der Waals surface area contributed by atoms with Crippen molar-refractivity contribution in [3.63, 3.8) is 0 Å². The van der Waals surface area contributed by atoms with Gasteiger partial charge in [-0.05, 0) is 71.4 Å². The van der Waals surface area contributed by atoms with Gasteiger partial charge in [0.1, 0.15) is 16.2 Å². The quantitative estimate of drug-likeness (QED) is 0.445. The van der Waals surface area contributed by atoms with E-state index in [-0.39, 0.29) is 23.3 Å². The van der Waals surface area contributed by atoms with Crippen LogP contribution in [0.1, 0.15) is 51.7 Å². The zero-order valence-electron chi connectivity index (χ0n) is 19.7. The Morgan fingerprint density at radius 2 is 1.55 bits per heavy atom. The van der Waals surface area contributed by atoms with E-state index in [1.807, 2.05) is 6.92 Å². The van der Waals surface area contributed by atoms with Gasteiger partial charge < -0.3 is 19.0 Å². The second kappa shape index (κ2) is 10.7. The number of esters is 1. The first-order chi connectivity index (χ1) is 15.3. The zero-order valence-corrected chi connectivity index (χ0v) is 20.6. The number of hydrogen-bond donors (Lipinski definition) is 1. The average molecular weight is 478 g/mol. The van der Waals surface area contributed by atoms with Crippen LogP contribution in [-0.4, -0.2) is 38.7 Å². The maximum atomic E-state index is 12.6. The van der Waals surface area contributed by atoms with Crippen molar-refractivity contribution in [1.82, 2.24) is 5.32 Å². The molecule has 0 heterocycles. The molecule has 0 bridgehead atoms. The summed E-state index contributed by atoms with van der Waals surface area (Å²) in [5.41, 5.74) is 0.773. The van der Waals surface area contributed by atoms with E-state index in [0.29, 0.717) is 5.56 Å². The molecule has 1 N–H and O–H groups in total. The van der Waals surface area contributed by atoms with Crippen molar-refractivity contribution in [3.05, 3.63) is 59.7 Å². The van der Waals surface area contributed by atoms with Gasteiger partial charge in [-0.15, -0.1) is 0 Å². The van der Waals surface area contributed by atoms with Crippen molar-refractivity contribution in [1.29, 1.82) is 0 Å². The first-order valence-electron chi connectivity index (χ1n) is 10.6. The van der Waals surface area contributed by atoms with Crippen LogP contribution in [0.2, 0.25) is 0 Å². The lowest BCUT2D eigenvalue weighted by atomic mass is 9.99. The van der Waals surface area contributed by atoms with Gasteiger partial charge in [0.25, 0.3) is 0 Å². The molecule has 0 fully saturated rings. The van der Waals surface area contributed by atoms with E-state index in [0.717, 1.165) is 5.56 Å². The Morgan fingerprint density at radius 3 is 2.06 bits per heavy atom. The van der Waals surface area contributed by atoms with Gasteiger partial charge >= 0.3 is 22.2 Å². The third-order valence-electron chi connectivity index (χ3n) is 4.28. The largest absolute Gasteiger partial charge is 0.462 e. The Balaban J connectivity index is 2.17. The first-order valence-corrected chi connectivity index (χ1v) is 12.0. The summed E-state index contributed by atoms with van der Waals surface area (Å²) in [6, 6.07) is 12.3. The lowest BCUT2D eigenvalue weighted by Crippen LogP contribution is -2.37. The summed E-state index contributed by atoms with van der Waals surface area (Å²) in [4.78, 5) is 24.7. The highest BCUT2D eigenvalue weighted by Crippen LogP contribution is 2.24. The summed E-state index contributed by atoms with van der Waals surface area (Å²) < 4.78 is 40.7. The maximum Gasteiger partial charge on any atom is 0.407 e. The van der Waals surface area contributed by atoms with E-state index in [4.69, 9.17) is 13.7 Å². The molecule has 0 saturated carbocycles. The minimum absolute atomic E-state index is 0.0390. The minimum atomic E-state index is -4.00. The van der Waals surface area contributed by atoms with E-state index in [2.05, 4.69) is 5.32 Å². The molecule has 0 saturated heterocycles. The van der Waals surface area contributed by atoms with E-state index in [1.54, 1.807) is 58.9 Å². The van der Waals surface area contributed by atoms with E-state index in [1.165, 1.54) is 24.3 Å². The van der Waals surface area contributed by atoms with Crippen LogP contribution in [0.4, 0.5) is 4.79 Å². The molecule has 33 heavy (non-hydrogen) atoms. The second-order valence-corrected chi connectivity index (χ2v) is 10.4. The number of amides is 1. The van der Waals surface area contributed by atoms with Crippen LogP contribution in [-0.2, 0) is 24.4 Å². The smallest absolute Gasteiger partial charge is 0.407 e. The number of rotatable bonds is 8. The first kappa shape index (κ1) is 26.2. The van der Waals surface area contributed by atoms with Crippen LogP contribution in [0.3, 0.4) is 0 Å². The number of aryl methyl sites for hydroxylation is 1. The van der Waals surface area contributed by atoms with Gasteiger partial charge in [0.05, 0.1) is 12.0 Å². The topological polar surface area (TPSA) is 108 Å². The Morgan fingerprint density at radius 1 is 0.970 bits per heavy atom. The van der Waals surface area contributed by atoms with E-state index >= 15 is 0 Å². The molecular weight excluding hydrogens is 446 g/mol. The van der Waals surface area contributed by atoms with Crippen molar-refractivity contribution < 1.29 is 31.7 Å². The second-order valence-electron chi connectivity index (χ2n) is 8.84. The van der Waals surface area contributed by atoms with Crippen LogP contribution in [0, 0.1) is 6.92 Å². The van der Waals surface area contributed by atoms with Gasteiger partial charge in [0, 0.05) is 6.54 Å². The van der Waals surface area contributed by atoms with Gasteiger partial charge in [-0.1, -0.05) is 29.8 Å². The Bertz CT molecular complexity index is 1050. The molecule has 0 aliphatic carbocycles. The van der Waals surface area contributed by atoms with Gasteiger partial charge in [-0.25, -0.2) is 4.79 Å². The summed E-state index contributed by atoms with van der Waals surface area (Å²) in [6.45, 7) is 10.5. The number of carbonyl (C=O) groups is 2. The van der Waals surface area contributed by atoms with Crippen LogP contribution in [0.5, 0.6) is 5.75 Å². The highest BCUT2D eigenvalue weighted by Gasteiger charge is 2.26. The minimum Gasteiger partial charge on any atom is -0.462 e. The molecule has 1 atom stereocenters. The molecule has 2 rings (SSSR count). The standard InChI is InChI=1S/C24H31NO7S/c1-16(2)30-22(26)21(15-25-23(27)31-24(4,5)6)18-9-11-19(12-10-18)32-33(28,29)20-13-7-17(3)8-14-20/h7-14,16,21H,15H2,1-6H3,(H,25,27). The molecule has 0 radical (unpaired) electrons. The molecule has 180 valence electrons. The number of hydrogen-bond acceptors (Lipinski definition) is 7. The summed E-state index contributed by atoms with van der Waals surface area (Å²) in [5, 5.41) is 2.58. The monoisotopic (exact) mass is 477 g/mol. The van der Waals surface area contributed by atoms with Crippen molar-refractivity contribution in [2.45, 2.75) is 64.1 Å². The maximum absolute atomic E-state index is 12.6. The lowest BCUT2D eigenvalue weighted by molar-refractivity contribution is -0.149. The third kappa shape index (κ3) is 8.42. The highest BCUT2D eigenvalue weighted by molar-refractivity contribution is 7.87. The van der Waals surface area contributed by atoms with Crippen LogP contribution < -0.4 is 9.50 Å². The molecule has 9 heteroatoms. The van der Waals surface area contributed by atoms with Crippen LogP contribution in [0.15, 0.2) is 53.4 Å². The number of carbonyl (C=O) groups excluding carboxylic acids is 2. The predicted octanol–water partition coefficient (Wildman–Crippen LogP) is 4.32. The molecule has 2 aromatic carbocycles. The van der Waals surface area contributed by atoms with Crippen molar-refractivity contribution in [2.24, 2.45) is 0 Å². The SMILES string of the molecule is Cc1ccc(S(=O)(=O)Oc2ccc(C(CNC(=O)OC(C)(C)C)C(=O)OC(C)C)cc2)cc1. The Hall–Kier alpha value is -3.07. The predicted molar refractivity (Wildman–Crippen MR) is 124 cm³/mol. The fourth-order valence-electron chi connectivity index (χ4n) is 2.79. The molecular formula is C24H31NO7S. The van der Waals surface area contributed by atoms with Crippen molar-refractivity contribution >= 4 is 22.2 Å². The molecule has 0 spiro atoms. The Labute approximate surface area is 195 Å². The molecule has 1 amide bonds. The van der Waals surface area contributed by atoms with Gasteiger partial charge in [0.2, 0.25) is 0 Å². The lowest BCUT2D eigenvalue weighted by Gasteiger charge is -2.22. The van der Waals surface area contributed by atoms with Gasteiger partial charge in [-0.3, -0.25) is 4.79 Å². The fourth-order valence-corrected chi connectivity index (χ4v) is 3.72. The van der Waals surface area contributed by atoms with E-state index in [9.17, 15) is 18.0 Å². The molecule has 0 aromatic heterocycles. The van der Waals surface area contributed by atoms with E-state index < -0.39 is 33.7 Å². The van der Waals surface area contributed by atoms with Crippen LogP contribution in [0.25, 0.3) is 0 Å². The Kier molecular flexibility index (Phi) is 8.49. The fraction of sp³-hybridized carbons (Fsp3) is 0.417. The van der Waals surface area contributed by atoms with Gasteiger partial charge in [-0.2, -0.15) is 8.42 Å². The average Bonchev–Trinajstić information content (AvgIpc) is 2.67. The van der Waals surface area contributed by atoms with Gasteiger partial charge in [0.15, 0.2) is 0 Å². The van der Waals surface area contributed by atoms with Crippen molar-refractivity contribution in [2.75, 3.05) is 6.54 Å². The summed E-state index contributed by atoms with van der Waals surface area (Å²) >= 11 is 0. The highest BCUT2D eigenvalue weighted by atomic mass is 32.2. The molecule has 0 aliphatic heterocycles. The third-order valence-corrected chi connectivity index (χ3v) is 5.55. The zero-order chi connectivity index (χ0) is 24.8. The summed E-state index contributed by atoms with van der Waals surface area (Å²) in [6.07, 6.45) is -1.00.